The van der Waals surface area contributed by atoms with Gasteiger partial charge in [-0.1, -0.05) is 5.16 Å². The first-order chi connectivity index (χ1) is 9.89. The molecule has 1 aromatic rings. The number of piperidine rings is 1. The van der Waals surface area contributed by atoms with Gasteiger partial charge in [-0.3, -0.25) is 9.48 Å². The number of hydrogen-bond donors (Lipinski definition) is 3. The van der Waals surface area contributed by atoms with E-state index in [1.165, 1.54) is 6.20 Å². The van der Waals surface area contributed by atoms with E-state index in [9.17, 15) is 4.79 Å². The largest absolute Gasteiger partial charge is 0.409 e. The second kappa shape index (κ2) is 5.72. The summed E-state index contributed by atoms with van der Waals surface area (Å²) in [6.45, 7) is 3.36. The van der Waals surface area contributed by atoms with Crippen molar-refractivity contribution in [2.24, 2.45) is 17.9 Å². The van der Waals surface area contributed by atoms with E-state index in [4.69, 9.17) is 10.9 Å². The summed E-state index contributed by atoms with van der Waals surface area (Å²) in [5.41, 5.74) is 6.31. The van der Waals surface area contributed by atoms with E-state index >= 15 is 0 Å². The number of oxime groups is 1. The zero-order valence-electron chi connectivity index (χ0n) is 12.6. The molecule has 2 rings (SSSR count). The molecule has 0 spiro atoms. The van der Waals surface area contributed by atoms with Gasteiger partial charge >= 0.3 is 0 Å². The van der Waals surface area contributed by atoms with Crippen LogP contribution in [0.25, 0.3) is 0 Å². The second-order valence-electron chi connectivity index (χ2n) is 5.59. The fourth-order valence-corrected chi connectivity index (χ4v) is 2.55. The van der Waals surface area contributed by atoms with Gasteiger partial charge in [0.25, 0.3) is 5.91 Å². The van der Waals surface area contributed by atoms with Gasteiger partial charge in [0.05, 0.1) is 11.8 Å². The quantitative estimate of drug-likeness (QED) is 0.306. The van der Waals surface area contributed by atoms with E-state index in [2.05, 4.69) is 20.5 Å². The number of amides is 1. The normalized spacial score (nSPS) is 19.5. The van der Waals surface area contributed by atoms with Crippen LogP contribution in [0.2, 0.25) is 0 Å². The highest BCUT2D eigenvalue weighted by molar-refractivity contribution is 6.00. The van der Waals surface area contributed by atoms with E-state index in [1.54, 1.807) is 11.7 Å². The minimum absolute atomic E-state index is 0.0468. The van der Waals surface area contributed by atoms with Crippen molar-refractivity contribution in [2.45, 2.75) is 25.3 Å². The first kappa shape index (κ1) is 15.3. The number of rotatable bonds is 3. The molecule has 1 fully saturated rings. The van der Waals surface area contributed by atoms with E-state index in [-0.39, 0.29) is 11.7 Å². The minimum atomic E-state index is -0.805. The lowest BCUT2D eigenvalue weighted by molar-refractivity contribution is 0.0885. The fourth-order valence-electron chi connectivity index (χ4n) is 2.55. The molecule has 0 unspecified atom stereocenters. The third-order valence-corrected chi connectivity index (χ3v) is 4.27. The molecule has 0 aromatic carbocycles. The molecule has 21 heavy (non-hydrogen) atoms. The molecule has 8 nitrogen and oxygen atoms in total. The van der Waals surface area contributed by atoms with Crippen LogP contribution in [0.15, 0.2) is 11.4 Å². The Morgan fingerprint density at radius 1 is 1.48 bits per heavy atom. The Labute approximate surface area is 123 Å². The molecule has 1 aliphatic heterocycles. The van der Waals surface area contributed by atoms with Crippen LogP contribution >= 0.6 is 0 Å². The summed E-state index contributed by atoms with van der Waals surface area (Å²) in [4.78, 5) is 14.6. The molecule has 1 aliphatic rings. The van der Waals surface area contributed by atoms with Crippen LogP contribution in [0.5, 0.6) is 0 Å². The molecule has 0 saturated carbocycles. The van der Waals surface area contributed by atoms with Gasteiger partial charge in [0.1, 0.15) is 5.54 Å². The fraction of sp³-hybridized carbons (Fsp3) is 0.615. The van der Waals surface area contributed by atoms with Crippen LogP contribution in [0.4, 0.5) is 0 Å². The number of nitrogens with two attached hydrogens (primary N) is 1. The number of nitrogens with zero attached hydrogens (tertiary/aromatic N) is 4. The van der Waals surface area contributed by atoms with Gasteiger partial charge in [0, 0.05) is 25.8 Å². The molecular weight excluding hydrogens is 272 g/mol. The summed E-state index contributed by atoms with van der Waals surface area (Å²) >= 11 is 0. The predicted octanol–water partition coefficient (Wildman–Crippen LogP) is -0.331. The van der Waals surface area contributed by atoms with Crippen LogP contribution in [-0.4, -0.2) is 57.3 Å². The lowest BCUT2D eigenvalue weighted by atomic mass is 9.86. The zero-order chi connectivity index (χ0) is 15.6. The maximum atomic E-state index is 12.5. The van der Waals surface area contributed by atoms with Crippen molar-refractivity contribution in [1.29, 1.82) is 0 Å². The van der Waals surface area contributed by atoms with Crippen molar-refractivity contribution < 1.29 is 10.0 Å². The number of carbonyl (C=O) groups excluding carboxylic acids is 1. The highest BCUT2D eigenvalue weighted by Gasteiger charge is 2.40. The Morgan fingerprint density at radius 3 is 2.57 bits per heavy atom. The van der Waals surface area contributed by atoms with Crippen LogP contribution in [0.3, 0.4) is 0 Å². The number of nitrogens with one attached hydrogen (secondary N) is 1. The van der Waals surface area contributed by atoms with Crippen molar-refractivity contribution >= 4 is 11.7 Å². The Balaban J connectivity index is 2.24. The topological polar surface area (TPSA) is 109 Å². The Kier molecular flexibility index (Phi) is 4.17. The first-order valence-corrected chi connectivity index (χ1v) is 6.87. The minimum Gasteiger partial charge on any atom is -0.409 e. The zero-order valence-corrected chi connectivity index (χ0v) is 12.6. The highest BCUT2D eigenvalue weighted by atomic mass is 16.4. The highest BCUT2D eigenvalue weighted by Crippen LogP contribution is 2.23. The third kappa shape index (κ3) is 2.85. The van der Waals surface area contributed by atoms with E-state index in [0.717, 1.165) is 18.8 Å². The molecule has 2 heterocycles. The summed E-state index contributed by atoms with van der Waals surface area (Å²) < 4.78 is 1.64. The van der Waals surface area contributed by atoms with Gasteiger partial charge < -0.3 is 21.2 Å². The van der Waals surface area contributed by atoms with Gasteiger partial charge in [0.15, 0.2) is 5.84 Å². The van der Waals surface area contributed by atoms with Crippen molar-refractivity contribution in [1.82, 2.24) is 20.0 Å². The Morgan fingerprint density at radius 2 is 2.10 bits per heavy atom. The number of likely N-dealkylation sites (tertiary alicyclic amines) is 1. The molecule has 0 bridgehead atoms. The monoisotopic (exact) mass is 294 g/mol. The maximum absolute atomic E-state index is 12.5. The summed E-state index contributed by atoms with van der Waals surface area (Å²) in [7, 11) is 3.78. The van der Waals surface area contributed by atoms with Crippen LogP contribution in [0.1, 0.15) is 28.9 Å². The predicted molar refractivity (Wildman–Crippen MR) is 78.3 cm³/mol. The lowest BCUT2D eigenvalue weighted by Crippen LogP contribution is -2.62. The smallest absolute Gasteiger partial charge is 0.255 e. The SMILES string of the molecule is Cc1c(C(=O)NC2(/C(N)=N/O)CCN(C)CC2)cnn1C. The van der Waals surface area contributed by atoms with Crippen LogP contribution < -0.4 is 11.1 Å². The molecule has 0 atom stereocenters. The number of amidine groups is 1. The van der Waals surface area contributed by atoms with E-state index in [0.29, 0.717) is 18.4 Å². The van der Waals surface area contributed by atoms with Crippen LogP contribution in [0, 0.1) is 6.92 Å². The average Bonchev–Trinajstić information content (AvgIpc) is 2.81. The molecule has 0 aliphatic carbocycles. The summed E-state index contributed by atoms with van der Waals surface area (Å²) in [5, 5.41) is 19.2. The van der Waals surface area contributed by atoms with Gasteiger partial charge in [-0.25, -0.2) is 0 Å². The molecular formula is C13H22N6O2. The van der Waals surface area contributed by atoms with Gasteiger partial charge in [0.2, 0.25) is 0 Å². The molecule has 8 heteroatoms. The van der Waals surface area contributed by atoms with Gasteiger partial charge in [-0.15, -0.1) is 0 Å². The van der Waals surface area contributed by atoms with Crippen LogP contribution in [-0.2, 0) is 7.05 Å². The number of carbonyl (C=O) groups is 1. The van der Waals surface area contributed by atoms with Crippen molar-refractivity contribution in [3.63, 3.8) is 0 Å². The molecule has 1 amide bonds. The molecule has 1 aromatic heterocycles. The van der Waals surface area contributed by atoms with Crippen molar-refractivity contribution in [3.8, 4) is 0 Å². The number of hydrogen-bond acceptors (Lipinski definition) is 5. The molecule has 0 radical (unpaired) electrons. The molecule has 116 valence electrons. The molecule has 4 N–H and O–H groups in total. The van der Waals surface area contributed by atoms with Gasteiger partial charge in [-0.2, -0.15) is 5.10 Å². The van der Waals surface area contributed by atoms with Crippen molar-refractivity contribution in [3.05, 3.63) is 17.5 Å². The second-order valence-corrected chi connectivity index (χ2v) is 5.59. The Bertz CT molecular complexity index is 557. The average molecular weight is 294 g/mol. The summed E-state index contributed by atoms with van der Waals surface area (Å²) in [5.74, 6) is -0.206. The van der Waals surface area contributed by atoms with Gasteiger partial charge in [-0.05, 0) is 26.8 Å². The summed E-state index contributed by atoms with van der Waals surface area (Å²) in [6, 6.07) is 0. The van der Waals surface area contributed by atoms with Crippen molar-refractivity contribution in [2.75, 3.05) is 20.1 Å². The Hall–Kier alpha value is -2.09. The number of aryl methyl sites for hydroxylation is 1. The van der Waals surface area contributed by atoms with E-state index < -0.39 is 5.54 Å². The third-order valence-electron chi connectivity index (χ3n) is 4.27. The maximum Gasteiger partial charge on any atom is 0.255 e. The number of aromatic nitrogens is 2. The first-order valence-electron chi connectivity index (χ1n) is 6.87. The lowest BCUT2D eigenvalue weighted by Gasteiger charge is -2.40. The molecule has 1 saturated heterocycles. The van der Waals surface area contributed by atoms with E-state index in [1.807, 2.05) is 14.0 Å². The summed E-state index contributed by atoms with van der Waals surface area (Å²) in [6.07, 6.45) is 2.73. The standard InChI is InChI=1S/C13H22N6O2/c1-9-10(8-15-19(9)3)11(20)16-13(12(14)17-21)4-6-18(2)7-5-13/h8,21H,4-7H2,1-3H3,(H2,14,17)(H,16,20).